The zero-order valence-corrected chi connectivity index (χ0v) is 11.9. The molecule has 0 radical (unpaired) electrons. The van der Waals surface area contributed by atoms with Crippen LogP contribution in [0.4, 0.5) is 15.3 Å². The van der Waals surface area contributed by atoms with Crippen molar-refractivity contribution in [3.05, 3.63) is 29.8 Å². The monoisotopic (exact) mass is 303 g/mol. The van der Waals surface area contributed by atoms with Gasteiger partial charge in [-0.25, -0.2) is 9.59 Å². The Morgan fingerprint density at radius 2 is 1.82 bits per heavy atom. The average Bonchev–Trinajstić information content (AvgIpc) is 3.09. The van der Waals surface area contributed by atoms with Crippen LogP contribution in [0.1, 0.15) is 37.4 Å². The van der Waals surface area contributed by atoms with E-state index in [9.17, 15) is 14.4 Å². The first-order chi connectivity index (χ1) is 10.6. The van der Waals surface area contributed by atoms with Crippen LogP contribution < -0.4 is 16.0 Å². The van der Waals surface area contributed by atoms with Crippen LogP contribution in [0.2, 0.25) is 0 Å². The molecule has 116 valence electrons. The Hall–Kier alpha value is -2.57. The maximum absolute atomic E-state index is 11.8. The third-order valence-corrected chi connectivity index (χ3v) is 3.85. The van der Waals surface area contributed by atoms with Gasteiger partial charge in [0, 0.05) is 17.3 Å². The lowest BCUT2D eigenvalue weighted by atomic mass is 10.1. The zero-order chi connectivity index (χ0) is 15.5. The lowest BCUT2D eigenvalue weighted by Gasteiger charge is -2.13. The van der Waals surface area contributed by atoms with Gasteiger partial charge in [0.1, 0.15) is 0 Å². The number of urea groups is 1. The second-order valence-electron chi connectivity index (χ2n) is 5.48. The summed E-state index contributed by atoms with van der Waals surface area (Å²) in [5.41, 5.74) is 1.18. The summed E-state index contributed by atoms with van der Waals surface area (Å²) in [7, 11) is 0. The molecule has 0 bridgehead atoms. The standard InChI is InChI=1S/C15H17N3O4/c19-13-12(22-15(21)18-13)9-5-7-11(8-6-9)17-14(20)16-10-3-1-2-4-10/h5-8,10,12H,1-4H2,(H2,16,17,20)(H,18,19,21). The number of hydrogen-bond donors (Lipinski definition) is 3. The summed E-state index contributed by atoms with van der Waals surface area (Å²) in [6, 6.07) is 6.65. The molecule has 1 heterocycles. The number of nitrogens with one attached hydrogen (secondary N) is 3. The minimum Gasteiger partial charge on any atom is -0.431 e. The van der Waals surface area contributed by atoms with Gasteiger partial charge in [0.15, 0.2) is 0 Å². The number of benzene rings is 1. The lowest BCUT2D eigenvalue weighted by molar-refractivity contribution is -0.123. The Morgan fingerprint density at radius 3 is 2.41 bits per heavy atom. The van der Waals surface area contributed by atoms with Gasteiger partial charge in [-0.2, -0.15) is 0 Å². The van der Waals surface area contributed by atoms with Crippen LogP contribution in [0.15, 0.2) is 24.3 Å². The predicted molar refractivity (Wildman–Crippen MR) is 78.2 cm³/mol. The molecule has 1 saturated heterocycles. The molecule has 2 fully saturated rings. The van der Waals surface area contributed by atoms with Gasteiger partial charge >= 0.3 is 12.1 Å². The minimum absolute atomic E-state index is 0.232. The van der Waals surface area contributed by atoms with Crippen molar-refractivity contribution in [3.63, 3.8) is 0 Å². The van der Waals surface area contributed by atoms with Gasteiger partial charge < -0.3 is 15.4 Å². The molecule has 1 aliphatic heterocycles. The highest BCUT2D eigenvalue weighted by Gasteiger charge is 2.33. The van der Waals surface area contributed by atoms with E-state index in [1.54, 1.807) is 24.3 Å². The first kappa shape index (κ1) is 14.4. The van der Waals surface area contributed by atoms with Crippen LogP contribution in [0.3, 0.4) is 0 Å². The molecule has 7 nitrogen and oxygen atoms in total. The van der Waals surface area contributed by atoms with Gasteiger partial charge in [0.05, 0.1) is 0 Å². The van der Waals surface area contributed by atoms with Crippen LogP contribution in [0, 0.1) is 0 Å². The molecule has 4 amide bonds. The fourth-order valence-electron chi connectivity index (χ4n) is 2.74. The lowest BCUT2D eigenvalue weighted by Crippen LogP contribution is -2.36. The fourth-order valence-corrected chi connectivity index (χ4v) is 2.74. The number of alkyl carbamates (subject to hydrolysis) is 1. The molecule has 7 heteroatoms. The van der Waals surface area contributed by atoms with Crippen molar-refractivity contribution in [2.75, 3.05) is 5.32 Å². The summed E-state index contributed by atoms with van der Waals surface area (Å²) < 4.78 is 4.87. The van der Waals surface area contributed by atoms with Crippen molar-refractivity contribution in [2.24, 2.45) is 0 Å². The quantitative estimate of drug-likeness (QED) is 0.796. The number of amides is 4. The second kappa shape index (κ2) is 6.05. The molecule has 3 rings (SSSR count). The van der Waals surface area contributed by atoms with Crippen LogP contribution in [0.25, 0.3) is 0 Å². The maximum atomic E-state index is 11.8. The van der Waals surface area contributed by atoms with Gasteiger partial charge in [-0.1, -0.05) is 25.0 Å². The van der Waals surface area contributed by atoms with E-state index in [2.05, 4.69) is 16.0 Å². The summed E-state index contributed by atoms with van der Waals surface area (Å²) >= 11 is 0. The summed E-state index contributed by atoms with van der Waals surface area (Å²) in [6.07, 6.45) is 2.69. The van der Waals surface area contributed by atoms with Crippen LogP contribution in [-0.4, -0.2) is 24.1 Å². The third-order valence-electron chi connectivity index (χ3n) is 3.85. The average molecular weight is 303 g/mol. The first-order valence-electron chi connectivity index (χ1n) is 7.31. The number of carbonyl (C=O) groups is 3. The Bertz CT molecular complexity index is 593. The van der Waals surface area contributed by atoms with E-state index in [1.165, 1.54) is 0 Å². The number of anilines is 1. The maximum Gasteiger partial charge on any atom is 0.415 e. The zero-order valence-electron chi connectivity index (χ0n) is 11.9. The normalized spacial score (nSPS) is 21.4. The highest BCUT2D eigenvalue weighted by atomic mass is 16.6. The molecule has 1 aromatic rings. The SMILES string of the molecule is O=C(Nc1ccc(C2OC(=O)NC2=O)cc1)NC1CCCC1. The molecular weight excluding hydrogens is 286 g/mol. The third kappa shape index (κ3) is 3.19. The minimum atomic E-state index is -0.922. The van der Waals surface area contributed by atoms with Crippen molar-refractivity contribution in [2.45, 2.75) is 37.8 Å². The predicted octanol–water partition coefficient (Wildman–Crippen LogP) is 2.06. The molecule has 1 saturated carbocycles. The molecule has 1 aliphatic carbocycles. The number of carbonyl (C=O) groups excluding carboxylic acids is 3. The van der Waals surface area contributed by atoms with Gasteiger partial charge in [0.2, 0.25) is 6.10 Å². The van der Waals surface area contributed by atoms with Crippen LogP contribution in [-0.2, 0) is 9.53 Å². The van der Waals surface area contributed by atoms with E-state index in [-0.39, 0.29) is 12.1 Å². The highest BCUT2D eigenvalue weighted by molar-refractivity contribution is 6.00. The first-order valence-corrected chi connectivity index (χ1v) is 7.31. The Balaban J connectivity index is 1.58. The Kier molecular flexibility index (Phi) is 3.95. The van der Waals surface area contributed by atoms with Crippen molar-refractivity contribution in [3.8, 4) is 0 Å². The van der Waals surface area contributed by atoms with Gasteiger partial charge in [-0.05, 0) is 25.0 Å². The number of ether oxygens (including phenoxy) is 1. The summed E-state index contributed by atoms with van der Waals surface area (Å²) in [5.74, 6) is -0.482. The van der Waals surface area contributed by atoms with Crippen molar-refractivity contribution in [1.29, 1.82) is 0 Å². The Labute approximate surface area is 127 Å². The van der Waals surface area contributed by atoms with Gasteiger partial charge in [-0.3, -0.25) is 10.1 Å². The number of rotatable bonds is 3. The van der Waals surface area contributed by atoms with E-state index < -0.39 is 18.1 Å². The molecule has 1 atom stereocenters. The van der Waals surface area contributed by atoms with E-state index in [0.717, 1.165) is 25.7 Å². The van der Waals surface area contributed by atoms with Crippen molar-refractivity contribution in [1.82, 2.24) is 10.6 Å². The van der Waals surface area contributed by atoms with Gasteiger partial charge in [-0.15, -0.1) is 0 Å². The fraction of sp³-hybridized carbons (Fsp3) is 0.400. The van der Waals surface area contributed by atoms with Crippen LogP contribution in [0.5, 0.6) is 0 Å². The summed E-state index contributed by atoms with van der Waals surface area (Å²) in [5, 5.41) is 7.75. The Morgan fingerprint density at radius 1 is 1.14 bits per heavy atom. The largest absolute Gasteiger partial charge is 0.431 e. The smallest absolute Gasteiger partial charge is 0.415 e. The molecule has 0 aromatic heterocycles. The number of imide groups is 1. The molecule has 1 aromatic carbocycles. The van der Waals surface area contributed by atoms with Crippen molar-refractivity contribution < 1.29 is 19.1 Å². The number of hydrogen-bond acceptors (Lipinski definition) is 4. The summed E-state index contributed by atoms with van der Waals surface area (Å²) in [4.78, 5) is 34.3. The van der Waals surface area contributed by atoms with E-state index in [1.807, 2.05) is 0 Å². The molecular formula is C15H17N3O4. The van der Waals surface area contributed by atoms with Crippen LogP contribution >= 0.6 is 0 Å². The summed E-state index contributed by atoms with van der Waals surface area (Å²) in [6.45, 7) is 0. The molecule has 2 aliphatic rings. The van der Waals surface area contributed by atoms with Gasteiger partial charge in [0.25, 0.3) is 5.91 Å². The second-order valence-corrected chi connectivity index (χ2v) is 5.48. The number of cyclic esters (lactones) is 1. The molecule has 22 heavy (non-hydrogen) atoms. The van der Waals surface area contributed by atoms with E-state index in [4.69, 9.17) is 4.74 Å². The van der Waals surface area contributed by atoms with Crippen molar-refractivity contribution >= 4 is 23.7 Å². The highest BCUT2D eigenvalue weighted by Crippen LogP contribution is 2.23. The molecule has 3 N–H and O–H groups in total. The van der Waals surface area contributed by atoms with E-state index >= 15 is 0 Å². The molecule has 1 unspecified atom stereocenters. The molecule has 0 spiro atoms. The van der Waals surface area contributed by atoms with E-state index in [0.29, 0.717) is 11.3 Å². The topological polar surface area (TPSA) is 96.5 Å².